The van der Waals surface area contributed by atoms with Crippen LogP contribution in [0.1, 0.15) is 25.8 Å². The summed E-state index contributed by atoms with van der Waals surface area (Å²) in [5, 5.41) is 12.1. The number of amides is 2. The summed E-state index contributed by atoms with van der Waals surface area (Å²) >= 11 is 5.94. The van der Waals surface area contributed by atoms with E-state index in [4.69, 9.17) is 16.7 Å². The molecule has 108 valence electrons. The Labute approximate surface area is 124 Å². The highest BCUT2D eigenvalue weighted by atomic mass is 35.5. The van der Waals surface area contributed by atoms with Crippen molar-refractivity contribution in [2.24, 2.45) is 0 Å². The van der Waals surface area contributed by atoms with E-state index >= 15 is 0 Å². The first kappa shape index (κ1) is 16.4. The van der Waals surface area contributed by atoms with Crippen LogP contribution < -0.4 is 5.32 Å². The van der Waals surface area contributed by atoms with Crippen LogP contribution in [-0.2, 0) is 0 Å². The van der Waals surface area contributed by atoms with Crippen LogP contribution in [0, 0.1) is 11.8 Å². The highest BCUT2D eigenvalue weighted by Crippen LogP contribution is 2.20. The first-order valence-electron chi connectivity index (χ1n) is 6.57. The summed E-state index contributed by atoms with van der Waals surface area (Å²) < 4.78 is 0. The van der Waals surface area contributed by atoms with Crippen molar-refractivity contribution >= 4 is 23.3 Å². The monoisotopic (exact) mass is 294 g/mol. The summed E-state index contributed by atoms with van der Waals surface area (Å²) in [6, 6.07) is 4.97. The number of anilines is 1. The average molecular weight is 295 g/mol. The lowest BCUT2D eigenvalue weighted by atomic mass is 10.1. The van der Waals surface area contributed by atoms with E-state index in [1.54, 1.807) is 23.1 Å². The SMILES string of the molecule is CCN(CC)C(=O)Nc1ccc(Cl)cc1C#CCCO. The first-order valence-corrected chi connectivity index (χ1v) is 6.95. The molecule has 5 heteroatoms. The Bertz CT molecular complexity index is 516. The Balaban J connectivity index is 2.95. The molecule has 0 fully saturated rings. The highest BCUT2D eigenvalue weighted by molar-refractivity contribution is 6.30. The van der Waals surface area contributed by atoms with Crippen LogP contribution in [0.3, 0.4) is 0 Å². The van der Waals surface area contributed by atoms with Gasteiger partial charge in [0.05, 0.1) is 12.3 Å². The van der Waals surface area contributed by atoms with Crippen molar-refractivity contribution in [1.82, 2.24) is 4.90 Å². The summed E-state index contributed by atoms with van der Waals surface area (Å²) in [5.74, 6) is 5.73. The number of aliphatic hydroxyl groups is 1. The van der Waals surface area contributed by atoms with Gasteiger partial charge in [-0.1, -0.05) is 23.4 Å². The summed E-state index contributed by atoms with van der Waals surface area (Å²) in [6.45, 7) is 5.14. The molecule has 4 nitrogen and oxygen atoms in total. The highest BCUT2D eigenvalue weighted by Gasteiger charge is 2.11. The largest absolute Gasteiger partial charge is 0.395 e. The molecule has 0 unspecified atom stereocenters. The number of carbonyl (C=O) groups is 1. The second kappa shape index (κ2) is 8.47. The summed E-state index contributed by atoms with van der Waals surface area (Å²) in [6.07, 6.45) is 0.385. The van der Waals surface area contributed by atoms with Gasteiger partial charge in [0.2, 0.25) is 0 Å². The molecule has 0 spiro atoms. The van der Waals surface area contributed by atoms with Crippen LogP contribution in [0.5, 0.6) is 0 Å². The van der Waals surface area contributed by atoms with Gasteiger partial charge in [-0.3, -0.25) is 0 Å². The van der Waals surface area contributed by atoms with E-state index in [9.17, 15) is 4.79 Å². The van der Waals surface area contributed by atoms with Crippen LogP contribution in [0.4, 0.5) is 10.5 Å². The van der Waals surface area contributed by atoms with Gasteiger partial charge in [-0.05, 0) is 32.0 Å². The number of nitrogens with one attached hydrogen (secondary N) is 1. The fraction of sp³-hybridized carbons (Fsp3) is 0.400. The normalized spacial score (nSPS) is 9.60. The van der Waals surface area contributed by atoms with Gasteiger partial charge in [-0.2, -0.15) is 0 Å². The molecule has 0 aromatic heterocycles. The molecule has 2 N–H and O–H groups in total. The lowest BCUT2D eigenvalue weighted by Gasteiger charge is -2.19. The van der Waals surface area contributed by atoms with E-state index in [1.807, 2.05) is 13.8 Å². The van der Waals surface area contributed by atoms with Crippen molar-refractivity contribution in [2.45, 2.75) is 20.3 Å². The Morgan fingerprint density at radius 1 is 1.40 bits per heavy atom. The second-order valence-electron chi connectivity index (χ2n) is 4.07. The molecule has 1 aromatic rings. The van der Waals surface area contributed by atoms with Crippen molar-refractivity contribution in [2.75, 3.05) is 25.0 Å². The molecular weight excluding hydrogens is 276 g/mol. The minimum absolute atomic E-state index is 0.00864. The van der Waals surface area contributed by atoms with Crippen LogP contribution >= 0.6 is 11.6 Å². The molecule has 1 aromatic carbocycles. The zero-order chi connectivity index (χ0) is 15.0. The molecule has 0 aliphatic carbocycles. The maximum atomic E-state index is 12.0. The van der Waals surface area contributed by atoms with Gasteiger partial charge in [-0.15, -0.1) is 0 Å². The van der Waals surface area contributed by atoms with Crippen molar-refractivity contribution in [3.63, 3.8) is 0 Å². The lowest BCUT2D eigenvalue weighted by molar-refractivity contribution is 0.217. The van der Waals surface area contributed by atoms with Gasteiger partial charge in [0, 0.05) is 30.1 Å². The third-order valence-electron chi connectivity index (χ3n) is 2.73. The summed E-state index contributed by atoms with van der Waals surface area (Å²) in [4.78, 5) is 13.7. The van der Waals surface area contributed by atoms with Gasteiger partial charge in [-0.25, -0.2) is 4.79 Å². The molecule has 20 heavy (non-hydrogen) atoms. The van der Waals surface area contributed by atoms with Crippen LogP contribution in [0.2, 0.25) is 5.02 Å². The number of urea groups is 1. The standard InChI is InChI=1S/C15H19ClN2O2/c1-3-18(4-2)15(20)17-14-9-8-13(16)11-12(14)7-5-6-10-19/h8-9,11,19H,3-4,6,10H2,1-2H3,(H,17,20). The molecule has 0 aliphatic rings. The Morgan fingerprint density at radius 2 is 2.10 bits per heavy atom. The van der Waals surface area contributed by atoms with E-state index in [1.165, 1.54) is 0 Å². The van der Waals surface area contributed by atoms with Crippen molar-refractivity contribution in [3.8, 4) is 11.8 Å². The molecule has 0 atom stereocenters. The first-order chi connectivity index (χ1) is 9.62. The second-order valence-corrected chi connectivity index (χ2v) is 4.50. The molecule has 0 saturated heterocycles. The molecule has 2 amide bonds. The van der Waals surface area contributed by atoms with E-state index in [-0.39, 0.29) is 12.6 Å². The van der Waals surface area contributed by atoms with Gasteiger partial charge in [0.15, 0.2) is 0 Å². The van der Waals surface area contributed by atoms with E-state index < -0.39 is 0 Å². The number of nitrogens with zero attached hydrogens (tertiary/aromatic N) is 1. The van der Waals surface area contributed by atoms with Crippen LogP contribution in [0.25, 0.3) is 0 Å². The number of halogens is 1. The fourth-order valence-electron chi connectivity index (χ4n) is 1.65. The zero-order valence-electron chi connectivity index (χ0n) is 11.7. The third kappa shape index (κ3) is 4.76. The third-order valence-corrected chi connectivity index (χ3v) is 2.97. The zero-order valence-corrected chi connectivity index (χ0v) is 12.5. The molecule has 0 heterocycles. The number of carbonyl (C=O) groups excluding carboxylic acids is 1. The summed E-state index contributed by atoms with van der Waals surface area (Å²) in [7, 11) is 0. The number of hydrogen-bond acceptors (Lipinski definition) is 2. The molecule has 1 rings (SSSR count). The van der Waals surface area contributed by atoms with Crippen molar-refractivity contribution in [1.29, 1.82) is 0 Å². The maximum Gasteiger partial charge on any atom is 0.321 e. The van der Waals surface area contributed by atoms with E-state index in [0.717, 1.165) is 0 Å². The van der Waals surface area contributed by atoms with Gasteiger partial charge >= 0.3 is 6.03 Å². The predicted octanol–water partition coefficient (Wildman–Crippen LogP) is 2.95. The average Bonchev–Trinajstić information content (AvgIpc) is 2.43. The van der Waals surface area contributed by atoms with E-state index in [0.29, 0.717) is 35.8 Å². The minimum Gasteiger partial charge on any atom is -0.395 e. The van der Waals surface area contributed by atoms with Gasteiger partial charge in [0.25, 0.3) is 0 Å². The molecule has 0 saturated carbocycles. The number of aliphatic hydroxyl groups excluding tert-OH is 1. The fourth-order valence-corrected chi connectivity index (χ4v) is 1.82. The van der Waals surface area contributed by atoms with Crippen molar-refractivity contribution < 1.29 is 9.90 Å². The predicted molar refractivity (Wildman–Crippen MR) is 82.0 cm³/mol. The Hall–Kier alpha value is -1.70. The Kier molecular flexibility index (Phi) is 6.92. The molecule has 0 aliphatic heterocycles. The number of benzene rings is 1. The lowest BCUT2D eigenvalue weighted by Crippen LogP contribution is -2.34. The molecular formula is C15H19ClN2O2. The smallest absolute Gasteiger partial charge is 0.321 e. The molecule has 0 radical (unpaired) electrons. The number of hydrogen-bond donors (Lipinski definition) is 2. The Morgan fingerprint density at radius 3 is 2.70 bits per heavy atom. The quantitative estimate of drug-likeness (QED) is 0.839. The number of rotatable bonds is 4. The van der Waals surface area contributed by atoms with E-state index in [2.05, 4.69) is 17.2 Å². The topological polar surface area (TPSA) is 52.6 Å². The summed E-state index contributed by atoms with van der Waals surface area (Å²) in [5.41, 5.74) is 1.27. The van der Waals surface area contributed by atoms with Crippen LogP contribution in [0.15, 0.2) is 18.2 Å². The maximum absolute atomic E-state index is 12.0. The van der Waals surface area contributed by atoms with Gasteiger partial charge < -0.3 is 15.3 Å². The van der Waals surface area contributed by atoms with Gasteiger partial charge in [0.1, 0.15) is 0 Å². The van der Waals surface area contributed by atoms with Crippen molar-refractivity contribution in [3.05, 3.63) is 28.8 Å². The minimum atomic E-state index is -0.164. The van der Waals surface area contributed by atoms with Crippen LogP contribution in [-0.4, -0.2) is 35.7 Å². The molecule has 0 bridgehead atoms.